The molecule has 0 aliphatic carbocycles. The summed E-state index contributed by atoms with van der Waals surface area (Å²) >= 11 is 3.37. The maximum absolute atomic E-state index is 12.1. The van der Waals surface area contributed by atoms with Crippen molar-refractivity contribution in [1.82, 2.24) is 24.9 Å². The fourth-order valence-electron chi connectivity index (χ4n) is 2.39. The molecule has 0 fully saturated rings. The van der Waals surface area contributed by atoms with Gasteiger partial charge in [0.05, 0.1) is 12.2 Å². The Morgan fingerprint density at radius 1 is 1.00 bits per heavy atom. The Kier molecular flexibility index (Phi) is 5.92. The second-order valence-electron chi connectivity index (χ2n) is 5.66. The van der Waals surface area contributed by atoms with E-state index in [1.807, 2.05) is 24.3 Å². The molecule has 0 unspecified atom stereocenters. The number of amides is 1. The third kappa shape index (κ3) is 4.98. The summed E-state index contributed by atoms with van der Waals surface area (Å²) in [6.07, 6.45) is 1.50. The van der Waals surface area contributed by atoms with Crippen molar-refractivity contribution in [3.63, 3.8) is 0 Å². The van der Waals surface area contributed by atoms with Crippen LogP contribution in [0.4, 0.5) is 0 Å². The van der Waals surface area contributed by atoms with Crippen molar-refractivity contribution in [1.29, 1.82) is 0 Å². The van der Waals surface area contributed by atoms with Gasteiger partial charge in [-0.25, -0.2) is 9.36 Å². The van der Waals surface area contributed by atoms with Crippen LogP contribution in [0.25, 0.3) is 11.3 Å². The van der Waals surface area contributed by atoms with E-state index in [4.69, 9.17) is 0 Å². The van der Waals surface area contributed by atoms with Crippen molar-refractivity contribution in [3.8, 4) is 11.3 Å². The molecule has 3 rings (SSSR count). The van der Waals surface area contributed by atoms with Crippen LogP contribution in [0.15, 0.2) is 68.8 Å². The lowest BCUT2D eigenvalue weighted by Gasteiger charge is -2.09. The molecule has 0 bridgehead atoms. The molecular formula is C18H16BrN5O3. The monoisotopic (exact) mass is 429 g/mol. The van der Waals surface area contributed by atoms with Crippen molar-refractivity contribution in [3.05, 3.63) is 79.9 Å². The lowest BCUT2D eigenvalue weighted by Crippen LogP contribution is -2.36. The first-order valence-electron chi connectivity index (χ1n) is 8.16. The minimum Gasteiger partial charge on any atom is -0.353 e. The first-order valence-corrected chi connectivity index (χ1v) is 8.95. The van der Waals surface area contributed by atoms with Crippen LogP contribution in [0.5, 0.6) is 0 Å². The Bertz CT molecular complexity index is 1060. The van der Waals surface area contributed by atoms with E-state index in [2.05, 4.69) is 31.4 Å². The molecule has 0 aliphatic rings. The van der Waals surface area contributed by atoms with Gasteiger partial charge in [0.25, 0.3) is 11.1 Å². The molecule has 1 amide bonds. The third-order valence-corrected chi connectivity index (χ3v) is 4.26. The molecule has 3 aromatic rings. The van der Waals surface area contributed by atoms with Gasteiger partial charge >= 0.3 is 0 Å². The summed E-state index contributed by atoms with van der Waals surface area (Å²) in [5.74, 6) is -0.374. The molecule has 1 N–H and O–H groups in total. The van der Waals surface area contributed by atoms with Crippen molar-refractivity contribution < 1.29 is 4.79 Å². The average Bonchev–Trinajstić information content (AvgIpc) is 2.66. The van der Waals surface area contributed by atoms with E-state index < -0.39 is 0 Å². The van der Waals surface area contributed by atoms with Gasteiger partial charge in [-0.15, -0.1) is 0 Å². The normalized spacial score (nSPS) is 10.6. The molecule has 27 heavy (non-hydrogen) atoms. The smallest absolute Gasteiger partial charge is 0.267 e. The quantitative estimate of drug-likeness (QED) is 0.631. The van der Waals surface area contributed by atoms with Crippen LogP contribution in [-0.4, -0.2) is 32.0 Å². The van der Waals surface area contributed by atoms with Crippen molar-refractivity contribution >= 4 is 21.8 Å². The zero-order valence-electron chi connectivity index (χ0n) is 14.2. The van der Waals surface area contributed by atoms with E-state index in [-0.39, 0.29) is 36.7 Å². The van der Waals surface area contributed by atoms with E-state index in [0.717, 1.165) is 14.7 Å². The molecule has 138 valence electrons. The van der Waals surface area contributed by atoms with Gasteiger partial charge in [0.1, 0.15) is 6.54 Å². The third-order valence-electron chi connectivity index (χ3n) is 3.73. The van der Waals surface area contributed by atoms with Gasteiger partial charge in [0, 0.05) is 34.9 Å². The summed E-state index contributed by atoms with van der Waals surface area (Å²) in [6.45, 7) is 0.254. The summed E-state index contributed by atoms with van der Waals surface area (Å²) in [4.78, 5) is 35.7. The number of nitrogens with one attached hydrogen (secondary N) is 1. The number of carbonyl (C=O) groups excluding carboxylic acids is 1. The second kappa shape index (κ2) is 8.54. The Hall–Kier alpha value is -3.07. The minimum absolute atomic E-state index is 0.208. The SMILES string of the molecule is O=C(Cn1nc(-c2ccc(Br)cc2)ccc1=O)NCCn1ncccc1=O. The van der Waals surface area contributed by atoms with E-state index in [9.17, 15) is 14.4 Å². The Morgan fingerprint density at radius 3 is 2.48 bits per heavy atom. The van der Waals surface area contributed by atoms with E-state index >= 15 is 0 Å². The Labute approximate surface area is 162 Å². The summed E-state index contributed by atoms with van der Waals surface area (Å²) in [6, 6.07) is 13.4. The molecule has 0 atom stereocenters. The minimum atomic E-state index is -0.374. The molecule has 2 heterocycles. The Morgan fingerprint density at radius 2 is 1.74 bits per heavy atom. The molecule has 0 spiro atoms. The first-order chi connectivity index (χ1) is 13.0. The number of aromatic nitrogens is 4. The number of hydrogen-bond donors (Lipinski definition) is 1. The fraction of sp³-hybridized carbons (Fsp3) is 0.167. The highest BCUT2D eigenvalue weighted by atomic mass is 79.9. The number of halogens is 1. The van der Waals surface area contributed by atoms with Crippen LogP contribution in [-0.2, 0) is 17.9 Å². The van der Waals surface area contributed by atoms with Gasteiger partial charge in [0.2, 0.25) is 5.91 Å². The molecule has 9 heteroatoms. The van der Waals surface area contributed by atoms with E-state index in [0.29, 0.717) is 5.69 Å². The van der Waals surface area contributed by atoms with Crippen molar-refractivity contribution in [2.45, 2.75) is 13.1 Å². The highest BCUT2D eigenvalue weighted by Gasteiger charge is 2.08. The zero-order chi connectivity index (χ0) is 19.2. The van der Waals surface area contributed by atoms with Crippen LogP contribution in [0.3, 0.4) is 0 Å². The summed E-state index contributed by atoms with van der Waals surface area (Å²) in [5.41, 5.74) is 0.815. The number of nitrogens with zero attached hydrogens (tertiary/aromatic N) is 4. The summed E-state index contributed by atoms with van der Waals surface area (Å²) < 4.78 is 3.30. The van der Waals surface area contributed by atoms with Crippen LogP contribution in [0, 0.1) is 0 Å². The summed E-state index contributed by atoms with van der Waals surface area (Å²) in [5, 5.41) is 10.8. The highest BCUT2D eigenvalue weighted by molar-refractivity contribution is 9.10. The molecule has 2 aromatic heterocycles. The van der Waals surface area contributed by atoms with Crippen molar-refractivity contribution in [2.24, 2.45) is 0 Å². The van der Waals surface area contributed by atoms with Crippen LogP contribution in [0.2, 0.25) is 0 Å². The first kappa shape index (κ1) is 18.7. The molecule has 0 saturated heterocycles. The van der Waals surface area contributed by atoms with Gasteiger partial charge in [0.15, 0.2) is 0 Å². The molecule has 8 nitrogen and oxygen atoms in total. The van der Waals surface area contributed by atoms with Crippen LogP contribution in [0.1, 0.15) is 0 Å². The standard InChI is InChI=1S/C18H16BrN5O3/c19-14-5-3-13(4-6-14)15-7-8-18(27)24(22-15)12-16(25)20-10-11-23-17(26)2-1-9-21-23/h1-9H,10-12H2,(H,20,25). The predicted molar refractivity (Wildman–Crippen MR) is 103 cm³/mol. The molecular weight excluding hydrogens is 414 g/mol. The van der Waals surface area contributed by atoms with Gasteiger partial charge in [-0.2, -0.15) is 10.2 Å². The second-order valence-corrected chi connectivity index (χ2v) is 6.57. The van der Waals surface area contributed by atoms with Gasteiger partial charge in [-0.1, -0.05) is 28.1 Å². The number of benzene rings is 1. The fourth-order valence-corrected chi connectivity index (χ4v) is 2.65. The average molecular weight is 430 g/mol. The van der Waals surface area contributed by atoms with Gasteiger partial charge in [-0.05, 0) is 24.3 Å². The van der Waals surface area contributed by atoms with Gasteiger partial charge < -0.3 is 5.32 Å². The molecule has 0 aliphatic heterocycles. The highest BCUT2D eigenvalue weighted by Crippen LogP contribution is 2.18. The molecule has 1 aromatic carbocycles. The van der Waals surface area contributed by atoms with Crippen molar-refractivity contribution in [2.75, 3.05) is 6.54 Å². The maximum atomic E-state index is 12.1. The number of hydrogen-bond acceptors (Lipinski definition) is 5. The topological polar surface area (TPSA) is 98.9 Å². The van der Waals surface area contributed by atoms with Crippen LogP contribution >= 0.6 is 15.9 Å². The maximum Gasteiger partial charge on any atom is 0.267 e. The lowest BCUT2D eigenvalue weighted by molar-refractivity contribution is -0.121. The predicted octanol–water partition coefficient (Wildman–Crippen LogP) is 1.05. The van der Waals surface area contributed by atoms with Crippen LogP contribution < -0.4 is 16.4 Å². The largest absolute Gasteiger partial charge is 0.353 e. The zero-order valence-corrected chi connectivity index (χ0v) is 15.8. The lowest BCUT2D eigenvalue weighted by atomic mass is 10.1. The number of carbonyl (C=O) groups is 1. The van der Waals surface area contributed by atoms with E-state index in [1.54, 1.807) is 12.1 Å². The van der Waals surface area contributed by atoms with Gasteiger partial charge in [-0.3, -0.25) is 14.4 Å². The number of rotatable bonds is 6. The Balaban J connectivity index is 1.64. The summed E-state index contributed by atoms with van der Waals surface area (Å²) in [7, 11) is 0. The van der Waals surface area contributed by atoms with E-state index in [1.165, 1.54) is 23.0 Å². The molecule has 0 radical (unpaired) electrons. The molecule has 0 saturated carbocycles.